The van der Waals surface area contributed by atoms with Crippen LogP contribution in [-0.2, 0) is 11.2 Å². The van der Waals surface area contributed by atoms with E-state index in [0.29, 0.717) is 6.10 Å². The van der Waals surface area contributed by atoms with Crippen molar-refractivity contribution < 1.29 is 4.74 Å². The van der Waals surface area contributed by atoms with Crippen LogP contribution in [0.1, 0.15) is 25.8 Å². The molecular formula is C14H22N2O. The zero-order chi connectivity index (χ0) is 12.3. The van der Waals surface area contributed by atoms with Gasteiger partial charge in [0.2, 0.25) is 0 Å². The van der Waals surface area contributed by atoms with Crippen molar-refractivity contribution in [2.24, 2.45) is 0 Å². The average Bonchev–Trinajstić information content (AvgIpc) is 2.63. The minimum Gasteiger partial charge on any atom is -0.399 e. The molecule has 2 rings (SSSR count). The molecule has 0 aromatic heterocycles. The van der Waals surface area contributed by atoms with Crippen LogP contribution in [0, 0.1) is 0 Å². The topological polar surface area (TPSA) is 47.3 Å². The third kappa shape index (κ3) is 2.99. The number of nitrogens with one attached hydrogen (secondary N) is 1. The fraction of sp³-hybridized carbons (Fsp3) is 0.571. The molecule has 0 radical (unpaired) electrons. The number of hydrogen-bond donors (Lipinski definition) is 2. The Balaban J connectivity index is 1.81. The Morgan fingerprint density at radius 2 is 2.12 bits per heavy atom. The Kier molecular flexibility index (Phi) is 3.69. The van der Waals surface area contributed by atoms with E-state index in [1.807, 2.05) is 12.1 Å². The highest BCUT2D eigenvalue weighted by molar-refractivity contribution is 5.39. The first kappa shape index (κ1) is 12.4. The van der Waals surface area contributed by atoms with Gasteiger partial charge in [-0.15, -0.1) is 0 Å². The summed E-state index contributed by atoms with van der Waals surface area (Å²) < 4.78 is 5.61. The number of ether oxygens (including phenoxy) is 1. The number of anilines is 1. The Morgan fingerprint density at radius 3 is 2.71 bits per heavy atom. The number of benzene rings is 1. The van der Waals surface area contributed by atoms with Crippen molar-refractivity contribution in [2.75, 3.05) is 18.9 Å². The van der Waals surface area contributed by atoms with Crippen molar-refractivity contribution in [1.29, 1.82) is 0 Å². The average molecular weight is 234 g/mol. The molecular weight excluding hydrogens is 212 g/mol. The molecule has 2 atom stereocenters. The summed E-state index contributed by atoms with van der Waals surface area (Å²) in [5.41, 5.74) is 7.94. The Morgan fingerprint density at radius 1 is 1.41 bits per heavy atom. The van der Waals surface area contributed by atoms with E-state index in [-0.39, 0.29) is 5.54 Å². The summed E-state index contributed by atoms with van der Waals surface area (Å²) in [5.74, 6) is 0. The van der Waals surface area contributed by atoms with Crippen molar-refractivity contribution in [3.63, 3.8) is 0 Å². The first-order valence-corrected chi connectivity index (χ1v) is 6.31. The van der Waals surface area contributed by atoms with E-state index in [1.165, 1.54) is 5.56 Å². The van der Waals surface area contributed by atoms with Crippen molar-refractivity contribution >= 4 is 5.69 Å². The first-order valence-electron chi connectivity index (χ1n) is 6.31. The molecule has 3 heteroatoms. The van der Waals surface area contributed by atoms with Gasteiger partial charge in [0.1, 0.15) is 0 Å². The van der Waals surface area contributed by atoms with E-state index in [1.54, 1.807) is 0 Å². The van der Waals surface area contributed by atoms with Crippen LogP contribution >= 0.6 is 0 Å². The largest absolute Gasteiger partial charge is 0.399 e. The van der Waals surface area contributed by atoms with Crippen molar-refractivity contribution in [3.8, 4) is 0 Å². The maximum Gasteiger partial charge on any atom is 0.0726 e. The fourth-order valence-electron chi connectivity index (χ4n) is 2.24. The smallest absolute Gasteiger partial charge is 0.0726 e. The van der Waals surface area contributed by atoms with Crippen LogP contribution in [0.15, 0.2) is 24.3 Å². The van der Waals surface area contributed by atoms with E-state index in [2.05, 4.69) is 31.3 Å². The molecule has 2 unspecified atom stereocenters. The van der Waals surface area contributed by atoms with Gasteiger partial charge in [0.25, 0.3) is 0 Å². The number of hydrogen-bond acceptors (Lipinski definition) is 3. The second-order valence-corrected chi connectivity index (χ2v) is 5.10. The summed E-state index contributed by atoms with van der Waals surface area (Å²) in [6, 6.07) is 8.10. The maximum absolute atomic E-state index is 5.66. The third-order valence-electron chi connectivity index (χ3n) is 3.81. The molecule has 1 aliphatic heterocycles. The number of nitrogens with two attached hydrogens (primary N) is 1. The molecule has 1 heterocycles. The van der Waals surface area contributed by atoms with Crippen LogP contribution in [0.2, 0.25) is 0 Å². The molecule has 3 nitrogen and oxygen atoms in total. The lowest BCUT2D eigenvalue weighted by molar-refractivity contribution is 0.0890. The standard InChI is InChI=1S/C14H22N2O/c1-11-14(2,8-10-17-11)16-9-7-12-3-5-13(15)6-4-12/h3-6,11,16H,7-10,15H2,1-2H3. The second kappa shape index (κ2) is 5.07. The SMILES string of the molecule is CC1OCCC1(C)NCCc1ccc(N)cc1. The van der Waals surface area contributed by atoms with Gasteiger partial charge in [0, 0.05) is 17.8 Å². The normalized spacial score (nSPS) is 28.5. The van der Waals surface area contributed by atoms with Gasteiger partial charge < -0.3 is 15.8 Å². The molecule has 1 saturated heterocycles. The summed E-state index contributed by atoms with van der Waals surface area (Å²) in [6.07, 6.45) is 2.42. The molecule has 1 fully saturated rings. The predicted octanol–water partition coefficient (Wildman–Crippen LogP) is 1.97. The molecule has 1 aliphatic rings. The highest BCUT2D eigenvalue weighted by Gasteiger charge is 2.35. The summed E-state index contributed by atoms with van der Waals surface area (Å²) >= 11 is 0. The highest BCUT2D eigenvalue weighted by Crippen LogP contribution is 2.24. The van der Waals surface area contributed by atoms with Crippen LogP contribution in [0.5, 0.6) is 0 Å². The van der Waals surface area contributed by atoms with Crippen LogP contribution in [0.25, 0.3) is 0 Å². The van der Waals surface area contributed by atoms with Gasteiger partial charge in [-0.3, -0.25) is 0 Å². The second-order valence-electron chi connectivity index (χ2n) is 5.10. The molecule has 0 amide bonds. The van der Waals surface area contributed by atoms with Crippen LogP contribution < -0.4 is 11.1 Å². The summed E-state index contributed by atoms with van der Waals surface area (Å²) in [6.45, 7) is 6.23. The molecule has 1 aromatic rings. The predicted molar refractivity (Wildman–Crippen MR) is 71.0 cm³/mol. The zero-order valence-corrected chi connectivity index (χ0v) is 10.7. The molecule has 0 saturated carbocycles. The molecule has 3 N–H and O–H groups in total. The Labute approximate surface area is 103 Å². The third-order valence-corrected chi connectivity index (χ3v) is 3.81. The lowest BCUT2D eigenvalue weighted by atomic mass is 9.94. The van der Waals surface area contributed by atoms with Crippen molar-refractivity contribution in [3.05, 3.63) is 29.8 Å². The zero-order valence-electron chi connectivity index (χ0n) is 10.7. The van der Waals surface area contributed by atoms with Gasteiger partial charge in [-0.25, -0.2) is 0 Å². The summed E-state index contributed by atoms with van der Waals surface area (Å²) in [7, 11) is 0. The van der Waals surface area contributed by atoms with Crippen molar-refractivity contribution in [2.45, 2.75) is 38.3 Å². The van der Waals surface area contributed by atoms with Gasteiger partial charge in [-0.05, 0) is 50.9 Å². The Bertz CT molecular complexity index is 363. The lowest BCUT2D eigenvalue weighted by Crippen LogP contribution is -2.48. The van der Waals surface area contributed by atoms with Gasteiger partial charge in [0.15, 0.2) is 0 Å². The quantitative estimate of drug-likeness (QED) is 0.783. The van der Waals surface area contributed by atoms with Crippen LogP contribution in [0.3, 0.4) is 0 Å². The first-order chi connectivity index (χ1) is 8.10. The molecule has 1 aromatic carbocycles. The van der Waals surface area contributed by atoms with E-state index in [9.17, 15) is 0 Å². The van der Waals surface area contributed by atoms with Gasteiger partial charge >= 0.3 is 0 Å². The van der Waals surface area contributed by atoms with Crippen LogP contribution in [0.4, 0.5) is 5.69 Å². The molecule has 94 valence electrons. The molecule has 0 bridgehead atoms. The molecule has 0 aliphatic carbocycles. The summed E-state index contributed by atoms with van der Waals surface area (Å²) in [5, 5.41) is 3.61. The Hall–Kier alpha value is -1.06. The molecule has 17 heavy (non-hydrogen) atoms. The van der Waals surface area contributed by atoms with E-state index in [4.69, 9.17) is 10.5 Å². The monoisotopic (exact) mass is 234 g/mol. The van der Waals surface area contributed by atoms with Gasteiger partial charge in [0.05, 0.1) is 6.10 Å². The van der Waals surface area contributed by atoms with Gasteiger partial charge in [-0.2, -0.15) is 0 Å². The van der Waals surface area contributed by atoms with E-state index in [0.717, 1.165) is 31.7 Å². The molecule has 0 spiro atoms. The fourth-order valence-corrected chi connectivity index (χ4v) is 2.24. The highest BCUT2D eigenvalue weighted by atomic mass is 16.5. The lowest BCUT2D eigenvalue weighted by Gasteiger charge is -2.29. The van der Waals surface area contributed by atoms with E-state index >= 15 is 0 Å². The number of nitrogen functional groups attached to an aromatic ring is 1. The summed E-state index contributed by atoms with van der Waals surface area (Å²) in [4.78, 5) is 0. The van der Waals surface area contributed by atoms with Gasteiger partial charge in [-0.1, -0.05) is 12.1 Å². The minimum atomic E-state index is 0.133. The minimum absolute atomic E-state index is 0.133. The van der Waals surface area contributed by atoms with E-state index < -0.39 is 0 Å². The maximum atomic E-state index is 5.66. The van der Waals surface area contributed by atoms with Crippen molar-refractivity contribution in [1.82, 2.24) is 5.32 Å². The van der Waals surface area contributed by atoms with Crippen LogP contribution in [-0.4, -0.2) is 24.8 Å². The number of rotatable bonds is 4.